The van der Waals surface area contributed by atoms with Crippen LogP contribution >= 0.6 is 46.9 Å². The zero-order valence-electron chi connectivity index (χ0n) is 15.1. The zero-order chi connectivity index (χ0) is 20.1. The van der Waals surface area contributed by atoms with Crippen LogP contribution in [-0.4, -0.2) is 57.4 Å². The smallest absolute Gasteiger partial charge is 0.356 e. The minimum atomic E-state index is -5.24. The van der Waals surface area contributed by atoms with Crippen LogP contribution in [0, 0.1) is 5.92 Å². The van der Waals surface area contributed by atoms with Gasteiger partial charge >= 0.3 is 15.5 Å². The van der Waals surface area contributed by atoms with Gasteiger partial charge in [-0.25, -0.2) is 8.42 Å². The number of aliphatic imine (C=N–C) groups is 1. The Bertz CT molecular complexity index is 751. The van der Waals surface area contributed by atoms with E-state index in [-0.39, 0.29) is 43.0 Å². The molecule has 1 aromatic heterocycles. The first-order chi connectivity index (χ1) is 12.6. The Morgan fingerprint density at radius 2 is 1.96 bits per heavy atom. The number of nitrogens with zero attached hydrogens (tertiary/aromatic N) is 2. The molecule has 0 amide bonds. The first kappa shape index (κ1) is 25.7. The second kappa shape index (κ2) is 11.2. The molecule has 2 N–H and O–H groups in total. The van der Waals surface area contributed by atoms with Crippen molar-refractivity contribution in [3.63, 3.8) is 0 Å². The fourth-order valence-electron chi connectivity index (χ4n) is 2.75. The predicted molar refractivity (Wildman–Crippen MR) is 117 cm³/mol. The Morgan fingerprint density at radius 3 is 2.46 bits per heavy atom. The third kappa shape index (κ3) is 7.18. The van der Waals surface area contributed by atoms with Gasteiger partial charge in [-0.2, -0.15) is 17.5 Å². The lowest BCUT2D eigenvalue weighted by atomic mass is 9.98. The van der Waals surface area contributed by atoms with Gasteiger partial charge in [0.15, 0.2) is 5.96 Å². The van der Waals surface area contributed by atoms with Crippen LogP contribution in [0.5, 0.6) is 0 Å². The van der Waals surface area contributed by atoms with E-state index >= 15 is 0 Å². The summed E-state index contributed by atoms with van der Waals surface area (Å²) in [5.74, 6) is 0.683. The molecule has 0 radical (unpaired) electrons. The number of alkyl halides is 3. The van der Waals surface area contributed by atoms with E-state index in [2.05, 4.69) is 15.6 Å². The highest BCUT2D eigenvalue weighted by atomic mass is 127. The molecule has 0 unspecified atom stereocenters. The minimum absolute atomic E-state index is 0. The van der Waals surface area contributed by atoms with Crippen molar-refractivity contribution in [1.82, 2.24) is 14.9 Å². The first-order valence-electron chi connectivity index (χ1n) is 8.38. The average Bonchev–Trinajstić information content (AvgIpc) is 3.02. The molecule has 1 saturated heterocycles. The van der Waals surface area contributed by atoms with Crippen LogP contribution in [0.2, 0.25) is 4.34 Å². The van der Waals surface area contributed by atoms with Crippen molar-refractivity contribution >= 4 is 62.9 Å². The molecular weight excluding hydrogens is 552 g/mol. The highest BCUT2D eigenvalue weighted by molar-refractivity contribution is 14.0. The summed E-state index contributed by atoms with van der Waals surface area (Å²) in [6, 6.07) is 3.81. The largest absolute Gasteiger partial charge is 0.511 e. The Morgan fingerprint density at radius 1 is 1.32 bits per heavy atom. The van der Waals surface area contributed by atoms with E-state index < -0.39 is 15.5 Å². The molecule has 6 nitrogen and oxygen atoms in total. The van der Waals surface area contributed by atoms with Crippen molar-refractivity contribution in [1.29, 1.82) is 0 Å². The molecule has 162 valence electrons. The lowest BCUT2D eigenvalue weighted by Crippen LogP contribution is -2.47. The molecule has 0 aliphatic carbocycles. The molecule has 13 heteroatoms. The summed E-state index contributed by atoms with van der Waals surface area (Å²) >= 11 is 7.41. The standard InChI is InChI=1S/C15H22ClF3N4O2S2.HI/c1-20-14(21-7-4-12-2-3-13(16)26-12)22-10-11-5-8-23(9-6-11)27(24,25)15(17,18)19;/h2-3,11H,4-10H2,1H3,(H2,20,21,22);1H. The molecule has 1 aliphatic heterocycles. The van der Waals surface area contributed by atoms with Gasteiger partial charge in [-0.15, -0.1) is 35.3 Å². The lowest BCUT2D eigenvalue weighted by molar-refractivity contribution is -0.0496. The van der Waals surface area contributed by atoms with Crippen molar-refractivity contribution in [3.8, 4) is 0 Å². The molecular formula is C15H23ClF3IN4O2S2. The van der Waals surface area contributed by atoms with Crippen molar-refractivity contribution in [2.75, 3.05) is 33.2 Å². The summed E-state index contributed by atoms with van der Waals surface area (Å²) < 4.78 is 61.8. The number of thiophene rings is 1. The van der Waals surface area contributed by atoms with Crippen molar-refractivity contribution in [2.45, 2.75) is 24.8 Å². The average molecular weight is 575 g/mol. The van der Waals surface area contributed by atoms with Crippen LogP contribution < -0.4 is 10.6 Å². The summed E-state index contributed by atoms with van der Waals surface area (Å²) in [5.41, 5.74) is -5.24. The molecule has 0 bridgehead atoms. The van der Waals surface area contributed by atoms with Crippen LogP contribution in [0.4, 0.5) is 13.2 Å². The van der Waals surface area contributed by atoms with Crippen LogP contribution in [0.25, 0.3) is 0 Å². The molecule has 2 rings (SSSR count). The molecule has 0 atom stereocenters. The lowest BCUT2D eigenvalue weighted by Gasteiger charge is -2.31. The highest BCUT2D eigenvalue weighted by Gasteiger charge is 2.50. The second-order valence-corrected chi connectivity index (χ2v) is 9.86. The molecule has 1 fully saturated rings. The molecule has 1 aliphatic rings. The van der Waals surface area contributed by atoms with Gasteiger partial charge in [-0.3, -0.25) is 4.99 Å². The van der Waals surface area contributed by atoms with E-state index in [9.17, 15) is 21.6 Å². The van der Waals surface area contributed by atoms with E-state index in [1.807, 2.05) is 12.1 Å². The minimum Gasteiger partial charge on any atom is -0.356 e. The van der Waals surface area contributed by atoms with E-state index in [0.717, 1.165) is 15.6 Å². The van der Waals surface area contributed by atoms with Crippen LogP contribution in [0.1, 0.15) is 17.7 Å². The van der Waals surface area contributed by atoms with Crippen molar-refractivity contribution in [3.05, 3.63) is 21.3 Å². The third-order valence-corrected chi connectivity index (χ3v) is 7.20. The zero-order valence-corrected chi connectivity index (χ0v) is 19.8. The van der Waals surface area contributed by atoms with Gasteiger partial charge in [0.2, 0.25) is 0 Å². The highest BCUT2D eigenvalue weighted by Crippen LogP contribution is 2.30. The Hall–Kier alpha value is -0.310. The Labute approximate surface area is 189 Å². The number of nitrogens with one attached hydrogen (secondary N) is 2. The molecule has 0 spiro atoms. The summed E-state index contributed by atoms with van der Waals surface area (Å²) in [5, 5.41) is 6.31. The Balaban J connectivity index is 0.00000392. The predicted octanol–water partition coefficient (Wildman–Crippen LogP) is 3.29. The van der Waals surface area contributed by atoms with Crippen LogP contribution in [-0.2, 0) is 16.4 Å². The molecule has 28 heavy (non-hydrogen) atoms. The summed E-state index contributed by atoms with van der Waals surface area (Å²) in [4.78, 5) is 5.27. The van der Waals surface area contributed by atoms with E-state index in [1.54, 1.807) is 7.05 Å². The van der Waals surface area contributed by atoms with Gasteiger partial charge < -0.3 is 10.6 Å². The summed E-state index contributed by atoms with van der Waals surface area (Å²) in [6.07, 6.45) is 1.53. The number of halogens is 5. The Kier molecular flexibility index (Phi) is 10.3. The molecule has 0 saturated carbocycles. The quantitative estimate of drug-likeness (QED) is 0.311. The maximum atomic E-state index is 12.6. The van der Waals surface area contributed by atoms with Gasteiger partial charge in [0.1, 0.15) is 0 Å². The topological polar surface area (TPSA) is 73.8 Å². The molecule has 2 heterocycles. The van der Waals surface area contributed by atoms with Gasteiger partial charge in [0.25, 0.3) is 0 Å². The molecule has 1 aromatic rings. The van der Waals surface area contributed by atoms with E-state index in [0.29, 0.717) is 36.2 Å². The van der Waals surface area contributed by atoms with Crippen molar-refractivity contribution < 1.29 is 21.6 Å². The van der Waals surface area contributed by atoms with Crippen LogP contribution in [0.3, 0.4) is 0 Å². The fourth-order valence-corrected chi connectivity index (χ4v) is 4.82. The van der Waals surface area contributed by atoms with E-state index in [4.69, 9.17) is 11.6 Å². The SMILES string of the molecule is CN=C(NCCc1ccc(Cl)s1)NCC1CCN(S(=O)(=O)C(F)(F)F)CC1.I. The number of hydrogen-bond donors (Lipinski definition) is 2. The first-order valence-corrected chi connectivity index (χ1v) is 11.0. The summed E-state index contributed by atoms with van der Waals surface area (Å²) in [6.45, 7) is 0.932. The number of guanidine groups is 1. The maximum absolute atomic E-state index is 12.6. The van der Waals surface area contributed by atoms with Gasteiger partial charge in [-0.05, 0) is 37.3 Å². The summed E-state index contributed by atoms with van der Waals surface area (Å²) in [7, 11) is -3.59. The fraction of sp³-hybridized carbons (Fsp3) is 0.667. The van der Waals surface area contributed by atoms with Crippen molar-refractivity contribution in [2.24, 2.45) is 10.9 Å². The maximum Gasteiger partial charge on any atom is 0.511 e. The van der Waals surface area contributed by atoms with Gasteiger partial charge in [-0.1, -0.05) is 11.6 Å². The second-order valence-electron chi connectivity index (χ2n) is 6.13. The van der Waals surface area contributed by atoms with E-state index in [1.165, 1.54) is 11.3 Å². The monoisotopic (exact) mass is 574 g/mol. The van der Waals surface area contributed by atoms with Gasteiger partial charge in [0.05, 0.1) is 4.34 Å². The normalized spacial score (nSPS) is 17.2. The molecule has 0 aromatic carbocycles. The van der Waals surface area contributed by atoms with Crippen LogP contribution in [0.15, 0.2) is 17.1 Å². The number of hydrogen-bond acceptors (Lipinski definition) is 4. The number of sulfonamides is 1. The van der Waals surface area contributed by atoms with Gasteiger partial charge in [0, 0.05) is 38.1 Å². The number of rotatable bonds is 6. The number of piperidine rings is 1. The third-order valence-electron chi connectivity index (χ3n) is 4.28.